The largest absolute Gasteiger partial charge is 0.493 e. The van der Waals surface area contributed by atoms with Gasteiger partial charge in [-0.15, -0.1) is 24.2 Å². The first-order valence-corrected chi connectivity index (χ1v) is 6.86. The lowest BCUT2D eigenvalue weighted by atomic mass is 10.1. The second kappa shape index (κ2) is 5.82. The predicted octanol–water partition coefficient (Wildman–Crippen LogP) is 1.64. The van der Waals surface area contributed by atoms with E-state index in [1.165, 1.54) is 5.56 Å². The summed E-state index contributed by atoms with van der Waals surface area (Å²) in [6.45, 7) is 0.744. The maximum atomic E-state index is 11.9. The molecule has 4 nitrogen and oxygen atoms in total. The van der Waals surface area contributed by atoms with Gasteiger partial charge in [-0.05, 0) is 23.8 Å². The molecule has 0 aromatic heterocycles. The van der Waals surface area contributed by atoms with Crippen molar-refractivity contribution < 1.29 is 9.53 Å². The molecule has 1 fully saturated rings. The molecule has 2 aliphatic rings. The molecule has 18 heavy (non-hydrogen) atoms. The predicted molar refractivity (Wildman–Crippen MR) is 75.8 cm³/mol. The number of rotatable bonds is 2. The van der Waals surface area contributed by atoms with Gasteiger partial charge in [-0.1, -0.05) is 0 Å². The van der Waals surface area contributed by atoms with Crippen molar-refractivity contribution in [2.24, 2.45) is 0 Å². The van der Waals surface area contributed by atoms with E-state index in [4.69, 9.17) is 4.74 Å². The molecule has 0 aliphatic carbocycles. The van der Waals surface area contributed by atoms with Crippen LogP contribution < -0.4 is 15.4 Å². The third kappa shape index (κ3) is 2.74. The summed E-state index contributed by atoms with van der Waals surface area (Å²) in [6, 6.07) is 5.76. The van der Waals surface area contributed by atoms with Gasteiger partial charge in [0.2, 0.25) is 5.91 Å². The minimum absolute atomic E-state index is 0. The Morgan fingerprint density at radius 2 is 2.39 bits per heavy atom. The van der Waals surface area contributed by atoms with E-state index in [1.54, 1.807) is 11.8 Å². The number of carbonyl (C=O) groups excluding carboxylic acids is 1. The van der Waals surface area contributed by atoms with Crippen LogP contribution >= 0.6 is 24.2 Å². The van der Waals surface area contributed by atoms with E-state index in [2.05, 4.69) is 10.6 Å². The summed E-state index contributed by atoms with van der Waals surface area (Å²) in [5, 5.41) is 6.10. The third-order valence-corrected chi connectivity index (χ3v) is 3.93. The summed E-state index contributed by atoms with van der Waals surface area (Å²) < 4.78 is 5.43. The molecule has 1 amide bonds. The Morgan fingerprint density at radius 1 is 1.50 bits per heavy atom. The molecule has 0 unspecified atom stereocenters. The smallest absolute Gasteiger partial charge is 0.242 e. The molecule has 2 aliphatic heterocycles. The number of anilines is 1. The maximum Gasteiger partial charge on any atom is 0.242 e. The fourth-order valence-electron chi connectivity index (χ4n) is 2.06. The molecule has 0 saturated carbocycles. The van der Waals surface area contributed by atoms with E-state index in [9.17, 15) is 4.79 Å². The van der Waals surface area contributed by atoms with Gasteiger partial charge < -0.3 is 10.1 Å². The Labute approximate surface area is 116 Å². The standard InChI is InChI=1S/C12H14N2O2S.ClH/c15-12(10-6-17-7-13-10)14-9-1-2-11-8(5-9)3-4-16-11;/h1-2,5,10,13H,3-4,6-7H2,(H,14,15);1H/t10-;/m1./s1. The van der Waals surface area contributed by atoms with Crippen molar-refractivity contribution >= 4 is 35.8 Å². The molecule has 6 heteroatoms. The van der Waals surface area contributed by atoms with E-state index >= 15 is 0 Å². The van der Waals surface area contributed by atoms with E-state index in [-0.39, 0.29) is 24.4 Å². The van der Waals surface area contributed by atoms with Crippen molar-refractivity contribution in [2.75, 3.05) is 23.6 Å². The second-order valence-corrected chi connectivity index (χ2v) is 5.21. The van der Waals surface area contributed by atoms with Crippen molar-refractivity contribution in [2.45, 2.75) is 12.5 Å². The van der Waals surface area contributed by atoms with Crippen LogP contribution in [0.2, 0.25) is 0 Å². The van der Waals surface area contributed by atoms with Crippen LogP contribution in [0.15, 0.2) is 18.2 Å². The highest BCUT2D eigenvalue weighted by atomic mass is 35.5. The SMILES string of the molecule is Cl.O=C(Nc1ccc2c(c1)CCO2)[C@H]1CSCN1. The van der Waals surface area contributed by atoms with Gasteiger partial charge in [0.05, 0.1) is 12.6 Å². The lowest BCUT2D eigenvalue weighted by Crippen LogP contribution is -2.37. The quantitative estimate of drug-likeness (QED) is 0.868. The highest BCUT2D eigenvalue weighted by Crippen LogP contribution is 2.28. The first kappa shape index (κ1) is 13.5. The molecule has 2 N–H and O–H groups in total. The summed E-state index contributed by atoms with van der Waals surface area (Å²) in [4.78, 5) is 11.9. The van der Waals surface area contributed by atoms with Gasteiger partial charge in [-0.3, -0.25) is 10.1 Å². The van der Waals surface area contributed by atoms with Crippen LogP contribution in [0.1, 0.15) is 5.56 Å². The fourth-order valence-corrected chi connectivity index (χ4v) is 3.00. The third-order valence-electron chi connectivity index (χ3n) is 2.99. The number of hydrogen-bond acceptors (Lipinski definition) is 4. The molecular formula is C12H15ClN2O2S. The van der Waals surface area contributed by atoms with Crippen molar-refractivity contribution in [1.29, 1.82) is 0 Å². The number of halogens is 1. The number of amides is 1. The van der Waals surface area contributed by atoms with Crippen LogP contribution in [0.4, 0.5) is 5.69 Å². The van der Waals surface area contributed by atoms with Crippen molar-refractivity contribution in [3.8, 4) is 5.75 Å². The van der Waals surface area contributed by atoms with Gasteiger partial charge in [-0.25, -0.2) is 0 Å². The lowest BCUT2D eigenvalue weighted by molar-refractivity contribution is -0.117. The number of thioether (sulfide) groups is 1. The topological polar surface area (TPSA) is 50.4 Å². The Bertz CT molecular complexity index is 450. The Kier molecular flexibility index (Phi) is 4.37. The summed E-state index contributed by atoms with van der Waals surface area (Å²) in [7, 11) is 0. The summed E-state index contributed by atoms with van der Waals surface area (Å²) >= 11 is 1.75. The van der Waals surface area contributed by atoms with E-state index < -0.39 is 0 Å². The summed E-state index contributed by atoms with van der Waals surface area (Å²) in [5.41, 5.74) is 2.04. The summed E-state index contributed by atoms with van der Waals surface area (Å²) in [6.07, 6.45) is 0.927. The lowest BCUT2D eigenvalue weighted by Gasteiger charge is -2.11. The molecule has 3 rings (SSSR count). The second-order valence-electron chi connectivity index (χ2n) is 4.18. The highest BCUT2D eigenvalue weighted by Gasteiger charge is 2.22. The van der Waals surface area contributed by atoms with Gasteiger partial charge in [0.25, 0.3) is 0 Å². The minimum atomic E-state index is -0.0653. The van der Waals surface area contributed by atoms with Gasteiger partial charge in [-0.2, -0.15) is 0 Å². The van der Waals surface area contributed by atoms with Gasteiger partial charge in [0.15, 0.2) is 0 Å². The van der Waals surface area contributed by atoms with Gasteiger partial charge in [0.1, 0.15) is 5.75 Å². The fraction of sp³-hybridized carbons (Fsp3) is 0.417. The number of hydrogen-bond donors (Lipinski definition) is 2. The van der Waals surface area contributed by atoms with Crippen molar-refractivity contribution in [3.63, 3.8) is 0 Å². The average molecular weight is 287 g/mol. The minimum Gasteiger partial charge on any atom is -0.493 e. The summed E-state index contributed by atoms with van der Waals surface area (Å²) in [5.74, 6) is 2.70. The number of carbonyl (C=O) groups is 1. The molecule has 1 aromatic rings. The molecule has 0 bridgehead atoms. The van der Waals surface area contributed by atoms with Crippen LogP contribution in [0.3, 0.4) is 0 Å². The van der Waals surface area contributed by atoms with Crippen molar-refractivity contribution in [1.82, 2.24) is 5.32 Å². The zero-order valence-electron chi connectivity index (χ0n) is 9.77. The van der Waals surface area contributed by atoms with E-state index in [0.29, 0.717) is 0 Å². The molecule has 1 aromatic carbocycles. The number of ether oxygens (including phenoxy) is 1. The van der Waals surface area contributed by atoms with Crippen LogP contribution in [0, 0.1) is 0 Å². The molecule has 1 atom stereocenters. The van der Waals surface area contributed by atoms with Gasteiger partial charge >= 0.3 is 0 Å². The van der Waals surface area contributed by atoms with Crippen LogP contribution in [0.5, 0.6) is 5.75 Å². The monoisotopic (exact) mass is 286 g/mol. The Balaban J connectivity index is 0.00000120. The first-order chi connectivity index (χ1) is 8.33. The Hall–Kier alpha value is -0.910. The zero-order chi connectivity index (χ0) is 11.7. The number of nitrogens with one attached hydrogen (secondary N) is 2. The zero-order valence-corrected chi connectivity index (χ0v) is 11.4. The molecule has 0 spiro atoms. The Morgan fingerprint density at radius 3 is 3.17 bits per heavy atom. The number of fused-ring (bicyclic) bond motifs is 1. The van der Waals surface area contributed by atoms with E-state index in [1.807, 2.05) is 18.2 Å². The highest BCUT2D eigenvalue weighted by molar-refractivity contribution is 7.99. The molecule has 1 saturated heterocycles. The molecule has 2 heterocycles. The number of benzene rings is 1. The van der Waals surface area contributed by atoms with Crippen molar-refractivity contribution in [3.05, 3.63) is 23.8 Å². The molecule has 98 valence electrons. The van der Waals surface area contributed by atoms with Crippen LogP contribution in [-0.2, 0) is 11.2 Å². The molecule has 0 radical (unpaired) electrons. The normalized spacial score (nSPS) is 20.8. The first-order valence-electron chi connectivity index (χ1n) is 5.71. The average Bonchev–Trinajstić information content (AvgIpc) is 2.99. The van der Waals surface area contributed by atoms with Crippen LogP contribution in [0.25, 0.3) is 0 Å². The van der Waals surface area contributed by atoms with Gasteiger partial charge in [0, 0.05) is 23.7 Å². The maximum absolute atomic E-state index is 11.9. The van der Waals surface area contributed by atoms with E-state index in [0.717, 1.165) is 36.1 Å². The molecular weight excluding hydrogens is 272 g/mol. The van der Waals surface area contributed by atoms with Crippen LogP contribution in [-0.4, -0.2) is 30.2 Å².